The maximum atomic E-state index is 13.0. The van der Waals surface area contributed by atoms with Gasteiger partial charge in [0, 0.05) is 12.5 Å². The average molecular weight is 395 g/mol. The van der Waals surface area contributed by atoms with Crippen molar-refractivity contribution in [3.05, 3.63) is 77.1 Å². The standard InChI is InChI=1S/C20H17F4NO3/c1-28-19(27)17(12-14-4-9-16(21)10-5-14)25-18(26)11-6-13-2-7-15(8-3-13)20(22,23)24/h2-11,17H,12H2,1H3,(H,25,26)/b11-6+/t17-/m1/s1. The zero-order valence-corrected chi connectivity index (χ0v) is 14.8. The van der Waals surface area contributed by atoms with E-state index in [4.69, 9.17) is 0 Å². The number of benzene rings is 2. The second-order valence-corrected chi connectivity index (χ2v) is 5.87. The minimum Gasteiger partial charge on any atom is -0.467 e. The molecule has 0 aliphatic carbocycles. The summed E-state index contributed by atoms with van der Waals surface area (Å²) in [6, 6.07) is 8.69. The first-order valence-electron chi connectivity index (χ1n) is 8.17. The van der Waals surface area contributed by atoms with Crippen LogP contribution in [-0.4, -0.2) is 25.0 Å². The number of carbonyl (C=O) groups excluding carboxylic acids is 2. The Morgan fingerprint density at radius 1 is 1.07 bits per heavy atom. The van der Waals surface area contributed by atoms with Gasteiger partial charge in [0.05, 0.1) is 12.7 Å². The van der Waals surface area contributed by atoms with Crippen molar-refractivity contribution in [3.8, 4) is 0 Å². The van der Waals surface area contributed by atoms with Gasteiger partial charge in [-0.15, -0.1) is 0 Å². The Morgan fingerprint density at radius 3 is 2.21 bits per heavy atom. The van der Waals surface area contributed by atoms with E-state index < -0.39 is 35.5 Å². The van der Waals surface area contributed by atoms with Gasteiger partial charge in [0.1, 0.15) is 11.9 Å². The van der Waals surface area contributed by atoms with Crippen LogP contribution in [0.4, 0.5) is 17.6 Å². The highest BCUT2D eigenvalue weighted by Gasteiger charge is 2.29. The number of alkyl halides is 3. The van der Waals surface area contributed by atoms with Crippen molar-refractivity contribution in [1.82, 2.24) is 5.32 Å². The quantitative estimate of drug-likeness (QED) is 0.460. The number of hydrogen-bond donors (Lipinski definition) is 1. The summed E-state index contributed by atoms with van der Waals surface area (Å²) >= 11 is 0. The van der Waals surface area contributed by atoms with E-state index in [1.165, 1.54) is 49.6 Å². The van der Waals surface area contributed by atoms with Crippen LogP contribution in [0.5, 0.6) is 0 Å². The van der Waals surface area contributed by atoms with Gasteiger partial charge >= 0.3 is 12.1 Å². The molecule has 4 nitrogen and oxygen atoms in total. The van der Waals surface area contributed by atoms with E-state index in [0.29, 0.717) is 11.1 Å². The number of nitrogens with one attached hydrogen (secondary N) is 1. The number of carbonyl (C=O) groups is 2. The van der Waals surface area contributed by atoms with E-state index in [-0.39, 0.29) is 6.42 Å². The first-order valence-corrected chi connectivity index (χ1v) is 8.17. The molecule has 0 saturated heterocycles. The van der Waals surface area contributed by atoms with Crippen molar-refractivity contribution in [2.45, 2.75) is 18.6 Å². The minimum absolute atomic E-state index is 0.0901. The van der Waals surface area contributed by atoms with Gasteiger partial charge in [0.15, 0.2) is 0 Å². The monoisotopic (exact) mass is 395 g/mol. The molecule has 0 heterocycles. The molecule has 1 amide bonds. The lowest BCUT2D eigenvalue weighted by Crippen LogP contribution is -2.42. The van der Waals surface area contributed by atoms with Crippen molar-refractivity contribution in [2.75, 3.05) is 7.11 Å². The third-order valence-electron chi connectivity index (χ3n) is 3.82. The summed E-state index contributed by atoms with van der Waals surface area (Å²) in [4.78, 5) is 24.0. The lowest BCUT2D eigenvalue weighted by molar-refractivity contribution is -0.144. The minimum atomic E-state index is -4.44. The van der Waals surface area contributed by atoms with Gasteiger partial charge in [-0.2, -0.15) is 13.2 Å². The number of amides is 1. The van der Waals surface area contributed by atoms with Gasteiger partial charge < -0.3 is 10.1 Å². The Labute approximate surface area is 158 Å². The Bertz CT molecular complexity index is 843. The molecule has 0 radical (unpaired) electrons. The molecule has 2 rings (SSSR count). The highest BCUT2D eigenvalue weighted by Crippen LogP contribution is 2.29. The van der Waals surface area contributed by atoms with Gasteiger partial charge in [-0.3, -0.25) is 4.79 Å². The second kappa shape index (κ2) is 9.16. The molecule has 8 heteroatoms. The van der Waals surface area contributed by atoms with Crippen LogP contribution in [0.25, 0.3) is 6.08 Å². The van der Waals surface area contributed by atoms with Crippen LogP contribution in [0.2, 0.25) is 0 Å². The molecule has 1 N–H and O–H groups in total. The van der Waals surface area contributed by atoms with Gasteiger partial charge in [0.25, 0.3) is 0 Å². The van der Waals surface area contributed by atoms with Crippen molar-refractivity contribution in [1.29, 1.82) is 0 Å². The molecule has 0 fully saturated rings. The van der Waals surface area contributed by atoms with Gasteiger partial charge in [-0.05, 0) is 41.5 Å². The first kappa shape index (κ1) is 21.1. The molecule has 0 spiro atoms. The van der Waals surface area contributed by atoms with Gasteiger partial charge in [-0.25, -0.2) is 9.18 Å². The van der Waals surface area contributed by atoms with E-state index in [1.807, 2.05) is 0 Å². The topological polar surface area (TPSA) is 55.4 Å². The van der Waals surface area contributed by atoms with Gasteiger partial charge in [0.2, 0.25) is 5.91 Å². The van der Waals surface area contributed by atoms with Crippen molar-refractivity contribution in [2.24, 2.45) is 0 Å². The summed E-state index contributed by atoms with van der Waals surface area (Å²) < 4.78 is 55.3. The summed E-state index contributed by atoms with van der Waals surface area (Å²) in [5.41, 5.74) is 0.208. The Balaban J connectivity index is 2.03. The lowest BCUT2D eigenvalue weighted by atomic mass is 10.1. The summed E-state index contributed by atoms with van der Waals surface area (Å²) in [5.74, 6) is -1.74. The number of methoxy groups -OCH3 is 1. The molecule has 0 aliphatic rings. The number of halogens is 4. The fourth-order valence-electron chi connectivity index (χ4n) is 2.37. The molecule has 0 aromatic heterocycles. The van der Waals surface area contributed by atoms with Crippen LogP contribution >= 0.6 is 0 Å². The van der Waals surface area contributed by atoms with Crippen LogP contribution < -0.4 is 5.32 Å². The molecule has 28 heavy (non-hydrogen) atoms. The molecule has 148 valence electrons. The van der Waals surface area contributed by atoms with E-state index in [9.17, 15) is 27.2 Å². The van der Waals surface area contributed by atoms with E-state index in [1.54, 1.807) is 0 Å². The Kier molecular flexibility index (Phi) is 6.92. The third kappa shape index (κ3) is 6.22. The maximum Gasteiger partial charge on any atom is 0.416 e. The number of rotatable bonds is 6. The van der Waals surface area contributed by atoms with E-state index in [0.717, 1.165) is 18.2 Å². The molecular formula is C20H17F4NO3. The highest BCUT2D eigenvalue weighted by atomic mass is 19.4. The first-order chi connectivity index (χ1) is 13.2. The molecule has 1 atom stereocenters. The van der Waals surface area contributed by atoms with E-state index >= 15 is 0 Å². The van der Waals surface area contributed by atoms with Crippen LogP contribution in [0, 0.1) is 5.82 Å². The molecule has 0 saturated carbocycles. The highest BCUT2D eigenvalue weighted by molar-refractivity contribution is 5.94. The van der Waals surface area contributed by atoms with Crippen molar-refractivity contribution >= 4 is 18.0 Å². The molecule has 2 aromatic rings. The van der Waals surface area contributed by atoms with Crippen LogP contribution in [0.3, 0.4) is 0 Å². The van der Waals surface area contributed by atoms with Crippen molar-refractivity contribution < 1.29 is 31.9 Å². The fraction of sp³-hybridized carbons (Fsp3) is 0.200. The lowest BCUT2D eigenvalue weighted by Gasteiger charge is -2.15. The summed E-state index contributed by atoms with van der Waals surface area (Å²) in [6.45, 7) is 0. The van der Waals surface area contributed by atoms with Crippen molar-refractivity contribution in [3.63, 3.8) is 0 Å². The summed E-state index contributed by atoms with van der Waals surface area (Å²) in [7, 11) is 1.17. The zero-order valence-electron chi connectivity index (χ0n) is 14.8. The molecule has 0 aliphatic heterocycles. The number of esters is 1. The summed E-state index contributed by atoms with van der Waals surface area (Å²) in [5, 5.41) is 2.46. The fourth-order valence-corrected chi connectivity index (χ4v) is 2.37. The SMILES string of the molecule is COC(=O)[C@@H](Cc1ccc(F)cc1)NC(=O)/C=C/c1ccc(C(F)(F)F)cc1. The largest absolute Gasteiger partial charge is 0.467 e. The Morgan fingerprint density at radius 2 is 1.68 bits per heavy atom. The van der Waals surface area contributed by atoms with Crippen LogP contribution in [0.15, 0.2) is 54.6 Å². The molecule has 2 aromatic carbocycles. The third-order valence-corrected chi connectivity index (χ3v) is 3.82. The maximum absolute atomic E-state index is 13.0. The second-order valence-electron chi connectivity index (χ2n) is 5.87. The molecular weight excluding hydrogens is 378 g/mol. The number of hydrogen-bond acceptors (Lipinski definition) is 3. The molecule has 0 bridgehead atoms. The van der Waals surface area contributed by atoms with Crippen LogP contribution in [-0.2, 0) is 26.9 Å². The summed E-state index contributed by atoms with van der Waals surface area (Å²) in [6.07, 6.45) is -1.93. The average Bonchev–Trinajstić information content (AvgIpc) is 2.66. The van der Waals surface area contributed by atoms with Gasteiger partial charge in [-0.1, -0.05) is 24.3 Å². The predicted molar refractivity (Wildman–Crippen MR) is 94.5 cm³/mol. The Hall–Kier alpha value is -3.16. The molecule has 0 unspecified atom stereocenters. The smallest absolute Gasteiger partial charge is 0.416 e. The van der Waals surface area contributed by atoms with Crippen LogP contribution in [0.1, 0.15) is 16.7 Å². The van der Waals surface area contributed by atoms with E-state index in [2.05, 4.69) is 10.1 Å². The normalized spacial score (nSPS) is 12.6. The number of ether oxygens (including phenoxy) is 1. The predicted octanol–water partition coefficient (Wildman–Crippen LogP) is 3.76. The zero-order chi connectivity index (χ0) is 20.7.